The van der Waals surface area contributed by atoms with E-state index in [1.807, 2.05) is 0 Å². The lowest BCUT2D eigenvalue weighted by molar-refractivity contribution is -0.380. The molecule has 26 heavy (non-hydrogen) atoms. The molecule has 1 N–H and O–H groups in total. The first-order valence-corrected chi connectivity index (χ1v) is 7.75. The number of benzene rings is 1. The topological polar surface area (TPSA) is 98.3 Å². The van der Waals surface area contributed by atoms with Crippen molar-refractivity contribution in [2.24, 2.45) is 0 Å². The van der Waals surface area contributed by atoms with Crippen LogP contribution in [0.1, 0.15) is 16.1 Å². The second kappa shape index (κ2) is 6.59. The molecule has 0 spiro atoms. The van der Waals surface area contributed by atoms with Crippen molar-refractivity contribution in [3.05, 3.63) is 64.0 Å². The predicted octanol–water partition coefficient (Wildman–Crippen LogP) is 4.58. The molecule has 11 heteroatoms. The number of anilines is 1. The summed E-state index contributed by atoms with van der Waals surface area (Å²) >= 11 is 0.640. The molecule has 0 bridgehead atoms. The fraction of sp³-hybridized carbons (Fsp3) is 0.0667. The Morgan fingerprint density at radius 3 is 2.62 bits per heavy atom. The standard InChI is InChI=1S/C15H8F3N3O4S/c16-15(17,18)9-4-2-1-3-8(9)10-5-6-11(25-10)13(22)20-14-19-7-12(26-14)21(23)24/h1-7H,(H,19,20,22). The third kappa shape index (κ3) is 3.57. The zero-order valence-electron chi connectivity index (χ0n) is 12.6. The maximum Gasteiger partial charge on any atom is 0.417 e. The molecular formula is C15H8F3N3O4S. The number of nitrogens with one attached hydrogen (secondary N) is 1. The van der Waals surface area contributed by atoms with Crippen LogP contribution in [0.25, 0.3) is 11.3 Å². The Kier molecular flexibility index (Phi) is 4.47. The van der Waals surface area contributed by atoms with Crippen LogP contribution in [0.3, 0.4) is 0 Å². The van der Waals surface area contributed by atoms with E-state index in [4.69, 9.17) is 4.42 Å². The molecule has 2 heterocycles. The van der Waals surface area contributed by atoms with Crippen molar-refractivity contribution in [1.29, 1.82) is 0 Å². The van der Waals surface area contributed by atoms with Crippen LogP contribution in [0.5, 0.6) is 0 Å². The summed E-state index contributed by atoms with van der Waals surface area (Å²) in [6, 6.07) is 7.25. The highest BCUT2D eigenvalue weighted by molar-refractivity contribution is 7.18. The number of aromatic nitrogens is 1. The van der Waals surface area contributed by atoms with Crippen LogP contribution in [0.4, 0.5) is 23.3 Å². The molecule has 0 fully saturated rings. The average molecular weight is 383 g/mol. The van der Waals surface area contributed by atoms with E-state index in [1.54, 1.807) is 0 Å². The van der Waals surface area contributed by atoms with E-state index >= 15 is 0 Å². The van der Waals surface area contributed by atoms with Gasteiger partial charge in [0.25, 0.3) is 5.91 Å². The molecule has 0 atom stereocenters. The van der Waals surface area contributed by atoms with Crippen LogP contribution in [0, 0.1) is 10.1 Å². The second-order valence-corrected chi connectivity index (χ2v) is 5.93. The van der Waals surface area contributed by atoms with Crippen LogP contribution >= 0.6 is 11.3 Å². The Morgan fingerprint density at radius 1 is 1.23 bits per heavy atom. The number of hydrogen-bond acceptors (Lipinski definition) is 6. The molecule has 7 nitrogen and oxygen atoms in total. The molecule has 3 aromatic rings. The van der Waals surface area contributed by atoms with Gasteiger partial charge in [-0.15, -0.1) is 0 Å². The first-order valence-electron chi connectivity index (χ1n) is 6.93. The Bertz CT molecular complexity index is 980. The minimum atomic E-state index is -4.58. The quantitative estimate of drug-likeness (QED) is 0.525. The Morgan fingerprint density at radius 2 is 1.96 bits per heavy atom. The van der Waals surface area contributed by atoms with E-state index in [2.05, 4.69) is 10.3 Å². The number of thiazole rings is 1. The van der Waals surface area contributed by atoms with Gasteiger partial charge in [0.2, 0.25) is 0 Å². The van der Waals surface area contributed by atoms with Crippen LogP contribution < -0.4 is 5.32 Å². The number of nitro groups is 1. The van der Waals surface area contributed by atoms with Crippen molar-refractivity contribution in [2.45, 2.75) is 6.18 Å². The molecule has 0 saturated carbocycles. The fourth-order valence-electron chi connectivity index (χ4n) is 2.12. The average Bonchev–Trinajstić information content (AvgIpc) is 3.23. The van der Waals surface area contributed by atoms with Crippen molar-refractivity contribution in [2.75, 3.05) is 5.32 Å². The maximum absolute atomic E-state index is 13.1. The zero-order chi connectivity index (χ0) is 18.9. The van der Waals surface area contributed by atoms with Crippen molar-refractivity contribution in [1.82, 2.24) is 4.98 Å². The number of carbonyl (C=O) groups is 1. The third-order valence-corrected chi connectivity index (χ3v) is 4.09. The lowest BCUT2D eigenvalue weighted by Gasteiger charge is -2.10. The molecule has 0 saturated heterocycles. The van der Waals surface area contributed by atoms with E-state index in [0.717, 1.165) is 12.3 Å². The highest BCUT2D eigenvalue weighted by atomic mass is 32.1. The highest BCUT2D eigenvalue weighted by Gasteiger charge is 2.34. The van der Waals surface area contributed by atoms with E-state index in [0.29, 0.717) is 11.3 Å². The van der Waals surface area contributed by atoms with Crippen molar-refractivity contribution < 1.29 is 27.3 Å². The number of carbonyl (C=O) groups excluding carboxylic acids is 1. The van der Waals surface area contributed by atoms with E-state index in [-0.39, 0.29) is 27.2 Å². The van der Waals surface area contributed by atoms with E-state index < -0.39 is 22.6 Å². The van der Waals surface area contributed by atoms with Gasteiger partial charge in [-0.3, -0.25) is 20.2 Å². The summed E-state index contributed by atoms with van der Waals surface area (Å²) in [6.45, 7) is 0. The lowest BCUT2D eigenvalue weighted by Crippen LogP contribution is -2.10. The summed E-state index contributed by atoms with van der Waals surface area (Å²) in [5, 5.41) is 12.6. The molecule has 3 rings (SSSR count). The summed E-state index contributed by atoms with van der Waals surface area (Å²) in [7, 11) is 0. The summed E-state index contributed by atoms with van der Waals surface area (Å²) < 4.78 is 44.4. The lowest BCUT2D eigenvalue weighted by atomic mass is 10.1. The molecule has 0 aliphatic heterocycles. The first kappa shape index (κ1) is 17.6. The molecule has 1 amide bonds. The van der Waals surface area contributed by atoms with E-state index in [1.165, 1.54) is 30.3 Å². The smallest absolute Gasteiger partial charge is 0.417 e. The molecule has 0 aliphatic carbocycles. The van der Waals surface area contributed by atoms with Crippen LogP contribution in [0.2, 0.25) is 0 Å². The summed E-state index contributed by atoms with van der Waals surface area (Å²) in [4.78, 5) is 25.7. The maximum atomic E-state index is 13.1. The first-order chi connectivity index (χ1) is 12.3. The fourth-order valence-corrected chi connectivity index (χ4v) is 2.74. The number of halogens is 3. The number of alkyl halides is 3. The number of rotatable bonds is 4. The Hall–Kier alpha value is -3.21. The van der Waals surface area contributed by atoms with Crippen molar-refractivity contribution in [3.63, 3.8) is 0 Å². The number of furan rings is 1. The minimum Gasteiger partial charge on any atom is -0.451 e. The second-order valence-electron chi connectivity index (χ2n) is 4.92. The van der Waals surface area contributed by atoms with Gasteiger partial charge in [0.05, 0.1) is 10.5 Å². The van der Waals surface area contributed by atoms with Crippen LogP contribution in [0.15, 0.2) is 47.0 Å². The van der Waals surface area contributed by atoms with Crippen LogP contribution in [-0.4, -0.2) is 15.8 Å². The molecule has 0 unspecified atom stereocenters. The van der Waals surface area contributed by atoms with Gasteiger partial charge in [-0.2, -0.15) is 13.2 Å². The third-order valence-electron chi connectivity index (χ3n) is 3.22. The largest absolute Gasteiger partial charge is 0.451 e. The van der Waals surface area contributed by atoms with Crippen LogP contribution in [-0.2, 0) is 6.18 Å². The highest BCUT2D eigenvalue weighted by Crippen LogP contribution is 2.37. The molecular weight excluding hydrogens is 375 g/mol. The monoisotopic (exact) mass is 383 g/mol. The number of nitrogens with zero attached hydrogens (tertiary/aromatic N) is 2. The van der Waals surface area contributed by atoms with Gasteiger partial charge in [0.1, 0.15) is 12.0 Å². The summed E-state index contributed by atoms with van der Waals surface area (Å²) in [6.07, 6.45) is -3.60. The normalized spacial score (nSPS) is 11.3. The SMILES string of the molecule is O=C(Nc1ncc([N+](=O)[O-])s1)c1ccc(-c2ccccc2C(F)(F)F)o1. The van der Waals surface area contributed by atoms with Gasteiger partial charge in [0.15, 0.2) is 10.9 Å². The Balaban J connectivity index is 1.84. The van der Waals surface area contributed by atoms with Crippen molar-refractivity contribution in [3.8, 4) is 11.3 Å². The predicted molar refractivity (Wildman–Crippen MR) is 85.9 cm³/mol. The van der Waals surface area contributed by atoms with Gasteiger partial charge in [-0.05, 0) is 29.5 Å². The number of amides is 1. The summed E-state index contributed by atoms with van der Waals surface area (Å²) in [5.74, 6) is -1.17. The van der Waals surface area contributed by atoms with Gasteiger partial charge in [-0.1, -0.05) is 18.2 Å². The Labute approximate surface area is 147 Å². The number of hydrogen-bond donors (Lipinski definition) is 1. The van der Waals surface area contributed by atoms with E-state index in [9.17, 15) is 28.1 Å². The molecule has 2 aromatic heterocycles. The van der Waals surface area contributed by atoms with Gasteiger partial charge < -0.3 is 4.42 Å². The molecule has 134 valence electrons. The minimum absolute atomic E-state index is 0.0321. The zero-order valence-corrected chi connectivity index (χ0v) is 13.4. The molecule has 0 aliphatic rings. The van der Waals surface area contributed by atoms with Gasteiger partial charge in [-0.25, -0.2) is 4.98 Å². The van der Waals surface area contributed by atoms with Gasteiger partial charge >= 0.3 is 11.2 Å². The summed E-state index contributed by atoms with van der Waals surface area (Å²) in [5.41, 5.74) is -1.10. The van der Waals surface area contributed by atoms with Gasteiger partial charge in [0, 0.05) is 5.56 Å². The molecule has 1 aromatic carbocycles. The van der Waals surface area contributed by atoms with Crippen molar-refractivity contribution >= 4 is 27.4 Å². The molecule has 0 radical (unpaired) electrons.